The van der Waals surface area contributed by atoms with Crippen molar-refractivity contribution in [2.75, 3.05) is 19.8 Å². The van der Waals surface area contributed by atoms with Crippen molar-refractivity contribution in [2.45, 2.75) is 148 Å². The normalized spacial score (nSPS) is 12.2. The molecule has 0 heterocycles. The summed E-state index contributed by atoms with van der Waals surface area (Å²) in [6, 6.07) is 31.3. The number of rotatable bonds is 29. The topological polar surface area (TPSA) is 47.6 Å². The SMILES string of the molecule is CCCCCCCCCCCCCCCCCC(=O)NCC(COC(c1ccccc1)(c1ccccc1)c1ccccc1)OCCCCC. The van der Waals surface area contributed by atoms with Crippen LogP contribution >= 0.6 is 0 Å². The summed E-state index contributed by atoms with van der Waals surface area (Å²) < 4.78 is 13.4. The fourth-order valence-corrected chi connectivity index (χ4v) is 6.73. The maximum absolute atomic E-state index is 12.9. The number of unbranched alkanes of at least 4 members (excludes halogenated alkanes) is 16. The second-order valence-electron chi connectivity index (χ2n) is 13.8. The molecule has 0 spiro atoms. The smallest absolute Gasteiger partial charge is 0.220 e. The zero-order chi connectivity index (χ0) is 34.7. The van der Waals surface area contributed by atoms with Gasteiger partial charge in [0.15, 0.2) is 0 Å². The molecule has 49 heavy (non-hydrogen) atoms. The Morgan fingerprint density at radius 1 is 0.551 bits per heavy atom. The van der Waals surface area contributed by atoms with Crippen LogP contribution in [0.15, 0.2) is 91.0 Å². The van der Waals surface area contributed by atoms with Gasteiger partial charge in [0.1, 0.15) is 5.60 Å². The van der Waals surface area contributed by atoms with Crippen LogP contribution in [0.25, 0.3) is 0 Å². The first-order valence-corrected chi connectivity index (χ1v) is 19.9. The summed E-state index contributed by atoms with van der Waals surface area (Å²) in [6.07, 6.45) is 23.5. The number of nitrogens with one attached hydrogen (secondary N) is 1. The summed E-state index contributed by atoms with van der Waals surface area (Å²) in [6.45, 7) is 5.94. The summed E-state index contributed by atoms with van der Waals surface area (Å²) in [5.41, 5.74) is 2.38. The van der Waals surface area contributed by atoms with Gasteiger partial charge in [0, 0.05) is 19.6 Å². The van der Waals surface area contributed by atoms with Gasteiger partial charge in [-0.1, -0.05) is 208 Å². The molecule has 0 radical (unpaired) electrons. The van der Waals surface area contributed by atoms with E-state index in [1.165, 1.54) is 83.5 Å². The molecule has 1 unspecified atom stereocenters. The highest BCUT2D eigenvalue weighted by atomic mass is 16.5. The van der Waals surface area contributed by atoms with E-state index in [0.29, 0.717) is 26.2 Å². The number of hydrogen-bond acceptors (Lipinski definition) is 3. The van der Waals surface area contributed by atoms with Crippen LogP contribution < -0.4 is 5.32 Å². The summed E-state index contributed by atoms with van der Waals surface area (Å²) in [4.78, 5) is 12.9. The van der Waals surface area contributed by atoms with Crippen molar-refractivity contribution < 1.29 is 14.3 Å². The van der Waals surface area contributed by atoms with Crippen LogP contribution in [0, 0.1) is 0 Å². The summed E-state index contributed by atoms with van der Waals surface area (Å²) in [7, 11) is 0. The monoisotopic (exact) mass is 670 g/mol. The molecule has 1 atom stereocenters. The highest BCUT2D eigenvalue weighted by molar-refractivity contribution is 5.75. The average Bonchev–Trinajstić information content (AvgIpc) is 3.15. The molecule has 0 aliphatic rings. The molecule has 4 nitrogen and oxygen atoms in total. The highest BCUT2D eigenvalue weighted by Gasteiger charge is 2.38. The van der Waals surface area contributed by atoms with Gasteiger partial charge in [-0.25, -0.2) is 0 Å². The first kappa shape index (κ1) is 40.5. The Kier molecular flexibility index (Phi) is 21.4. The number of amides is 1. The number of benzene rings is 3. The van der Waals surface area contributed by atoms with Gasteiger partial charge in [0.2, 0.25) is 5.91 Å². The van der Waals surface area contributed by atoms with E-state index in [-0.39, 0.29) is 12.0 Å². The molecule has 1 amide bonds. The first-order valence-electron chi connectivity index (χ1n) is 19.9. The molecule has 0 aromatic heterocycles. The predicted molar refractivity (Wildman–Crippen MR) is 207 cm³/mol. The van der Waals surface area contributed by atoms with Gasteiger partial charge in [-0.3, -0.25) is 4.79 Å². The van der Waals surface area contributed by atoms with Crippen molar-refractivity contribution in [1.29, 1.82) is 0 Å². The Hall–Kier alpha value is -2.95. The Morgan fingerprint density at radius 3 is 1.37 bits per heavy atom. The minimum absolute atomic E-state index is 0.109. The van der Waals surface area contributed by atoms with Gasteiger partial charge >= 0.3 is 0 Å². The molecule has 0 saturated heterocycles. The van der Waals surface area contributed by atoms with Gasteiger partial charge in [0.05, 0.1) is 12.7 Å². The van der Waals surface area contributed by atoms with E-state index in [4.69, 9.17) is 9.47 Å². The van der Waals surface area contributed by atoms with Crippen molar-refractivity contribution in [3.05, 3.63) is 108 Å². The van der Waals surface area contributed by atoms with E-state index in [1.807, 2.05) is 18.2 Å². The van der Waals surface area contributed by atoms with Crippen molar-refractivity contribution in [3.63, 3.8) is 0 Å². The molecular formula is C45H67NO3. The molecule has 0 bridgehead atoms. The van der Waals surface area contributed by atoms with E-state index in [1.54, 1.807) is 0 Å². The average molecular weight is 670 g/mol. The van der Waals surface area contributed by atoms with Gasteiger partial charge in [-0.05, 0) is 29.5 Å². The zero-order valence-corrected chi connectivity index (χ0v) is 31.0. The van der Waals surface area contributed by atoms with Crippen LogP contribution in [0.4, 0.5) is 0 Å². The van der Waals surface area contributed by atoms with Crippen LogP contribution in [-0.4, -0.2) is 31.8 Å². The van der Waals surface area contributed by atoms with E-state index in [9.17, 15) is 4.79 Å². The third-order valence-electron chi connectivity index (χ3n) is 9.66. The molecule has 0 aliphatic carbocycles. The van der Waals surface area contributed by atoms with E-state index in [0.717, 1.165) is 48.8 Å². The number of hydrogen-bond donors (Lipinski definition) is 1. The van der Waals surface area contributed by atoms with E-state index in [2.05, 4.69) is 92.0 Å². The summed E-state index contributed by atoms with van der Waals surface area (Å²) in [5.74, 6) is 0.109. The van der Waals surface area contributed by atoms with Crippen LogP contribution in [0.5, 0.6) is 0 Å². The van der Waals surface area contributed by atoms with E-state index < -0.39 is 5.60 Å². The lowest BCUT2D eigenvalue weighted by Crippen LogP contribution is -2.41. The Balaban J connectivity index is 1.47. The van der Waals surface area contributed by atoms with Crippen LogP contribution in [0.2, 0.25) is 0 Å². The molecule has 0 saturated carbocycles. The molecule has 3 aromatic carbocycles. The molecule has 4 heteroatoms. The van der Waals surface area contributed by atoms with Gasteiger partial charge in [-0.2, -0.15) is 0 Å². The number of carbonyl (C=O) groups is 1. The predicted octanol–water partition coefficient (Wildman–Crippen LogP) is 11.9. The second-order valence-corrected chi connectivity index (χ2v) is 13.8. The van der Waals surface area contributed by atoms with Crippen molar-refractivity contribution in [2.24, 2.45) is 0 Å². The molecule has 270 valence electrons. The molecule has 1 N–H and O–H groups in total. The van der Waals surface area contributed by atoms with E-state index >= 15 is 0 Å². The Labute approximate surface area is 299 Å². The van der Waals surface area contributed by atoms with Gasteiger partial charge in [0.25, 0.3) is 0 Å². The maximum Gasteiger partial charge on any atom is 0.220 e. The van der Waals surface area contributed by atoms with Crippen molar-refractivity contribution in [3.8, 4) is 0 Å². The van der Waals surface area contributed by atoms with Gasteiger partial charge < -0.3 is 14.8 Å². The Bertz CT molecular complexity index is 1100. The summed E-state index contributed by atoms with van der Waals surface area (Å²) in [5, 5.41) is 3.18. The number of ether oxygens (including phenoxy) is 2. The van der Waals surface area contributed by atoms with Crippen molar-refractivity contribution in [1.82, 2.24) is 5.32 Å². The third kappa shape index (κ3) is 15.6. The minimum Gasteiger partial charge on any atom is -0.374 e. The standard InChI is InChI=1S/C45H67NO3/c1-3-5-7-8-9-10-11-12-13-14-15-16-17-18-28-36-44(47)46-38-43(48-37-29-6-4-2)39-49-45(40-30-22-19-23-31-40,41-32-24-20-25-33-41)42-34-26-21-27-35-42/h19-27,30-35,43H,3-18,28-29,36-39H2,1-2H3,(H,46,47). The molecule has 0 fully saturated rings. The molecule has 0 aliphatic heterocycles. The lowest BCUT2D eigenvalue weighted by atomic mass is 9.80. The fraction of sp³-hybridized carbons (Fsp3) is 0.578. The van der Waals surface area contributed by atoms with Crippen LogP contribution in [0.3, 0.4) is 0 Å². The lowest BCUT2D eigenvalue weighted by molar-refractivity contribution is -0.122. The van der Waals surface area contributed by atoms with Gasteiger partial charge in [-0.15, -0.1) is 0 Å². The second kappa shape index (κ2) is 25.9. The van der Waals surface area contributed by atoms with Crippen LogP contribution in [-0.2, 0) is 19.9 Å². The van der Waals surface area contributed by atoms with Crippen LogP contribution in [0.1, 0.15) is 153 Å². The van der Waals surface area contributed by atoms with Crippen molar-refractivity contribution >= 4 is 5.91 Å². The molecule has 3 rings (SSSR count). The largest absolute Gasteiger partial charge is 0.374 e. The molecule has 3 aromatic rings. The minimum atomic E-state index is -0.813. The first-order chi connectivity index (χ1) is 24.2. The third-order valence-corrected chi connectivity index (χ3v) is 9.66. The fourth-order valence-electron chi connectivity index (χ4n) is 6.73. The number of carbonyl (C=O) groups excluding carboxylic acids is 1. The highest BCUT2D eigenvalue weighted by Crippen LogP contribution is 2.40. The lowest BCUT2D eigenvalue weighted by Gasteiger charge is -2.37. The zero-order valence-electron chi connectivity index (χ0n) is 31.0. The summed E-state index contributed by atoms with van der Waals surface area (Å²) >= 11 is 0. The maximum atomic E-state index is 12.9. The Morgan fingerprint density at radius 2 is 0.939 bits per heavy atom. The molecular weight excluding hydrogens is 602 g/mol. The quantitative estimate of drug-likeness (QED) is 0.0591.